The van der Waals surface area contributed by atoms with Crippen molar-refractivity contribution in [2.24, 2.45) is 0 Å². The Hall–Kier alpha value is -2.24. The first-order valence-electron chi connectivity index (χ1n) is 7.35. The molecule has 122 valence electrons. The molecule has 2 aromatic rings. The first-order valence-corrected chi connectivity index (χ1v) is 8.71. The van der Waals surface area contributed by atoms with Crippen LogP contribution >= 0.6 is 23.4 Å². The summed E-state index contributed by atoms with van der Waals surface area (Å²) in [6, 6.07) is 14.7. The summed E-state index contributed by atoms with van der Waals surface area (Å²) >= 11 is 7.48. The van der Waals surface area contributed by atoms with Crippen LogP contribution < -0.4 is 10.2 Å². The molecule has 6 heteroatoms. The van der Waals surface area contributed by atoms with Crippen LogP contribution in [0.25, 0.3) is 0 Å². The lowest BCUT2D eigenvalue weighted by Gasteiger charge is -2.17. The number of rotatable bonds is 3. The summed E-state index contributed by atoms with van der Waals surface area (Å²) in [6.07, 6.45) is 1.44. The zero-order valence-electron chi connectivity index (χ0n) is 13.0. The standard InChI is InChI=1S/C18H15ClN2O2S/c1-12-6-5-9-14(19)18(12)20-15(22)10-17-21(16(23)11-24-17)13-7-3-2-4-8-13/h2-10H,11H2,1H3,(H,20,22). The number of hydrogen-bond acceptors (Lipinski definition) is 3. The quantitative estimate of drug-likeness (QED) is 0.836. The van der Waals surface area contributed by atoms with E-state index in [-0.39, 0.29) is 11.8 Å². The molecule has 0 bridgehead atoms. The van der Waals surface area contributed by atoms with E-state index in [2.05, 4.69) is 5.32 Å². The number of nitrogens with one attached hydrogen (secondary N) is 1. The zero-order chi connectivity index (χ0) is 17.1. The van der Waals surface area contributed by atoms with Gasteiger partial charge in [-0.1, -0.05) is 53.7 Å². The third-order valence-electron chi connectivity index (χ3n) is 3.55. The van der Waals surface area contributed by atoms with Gasteiger partial charge in [-0.2, -0.15) is 0 Å². The molecule has 1 saturated heterocycles. The maximum Gasteiger partial charge on any atom is 0.251 e. The summed E-state index contributed by atoms with van der Waals surface area (Å²) in [5, 5.41) is 3.88. The highest BCUT2D eigenvalue weighted by Gasteiger charge is 2.28. The second kappa shape index (κ2) is 7.11. The fraction of sp³-hybridized carbons (Fsp3) is 0.111. The number of carbonyl (C=O) groups excluding carboxylic acids is 2. The monoisotopic (exact) mass is 358 g/mol. The van der Waals surface area contributed by atoms with Gasteiger partial charge in [-0.3, -0.25) is 14.5 Å². The van der Waals surface area contributed by atoms with Gasteiger partial charge in [0.2, 0.25) is 5.91 Å². The number of amides is 2. The van der Waals surface area contributed by atoms with E-state index in [0.29, 0.717) is 21.5 Å². The third-order valence-corrected chi connectivity index (χ3v) is 4.85. The largest absolute Gasteiger partial charge is 0.321 e. The Morgan fingerprint density at radius 2 is 1.96 bits per heavy atom. The Balaban J connectivity index is 1.84. The van der Waals surface area contributed by atoms with Crippen LogP contribution in [0.5, 0.6) is 0 Å². The summed E-state index contributed by atoms with van der Waals surface area (Å²) in [6.45, 7) is 1.87. The van der Waals surface area contributed by atoms with E-state index in [1.54, 1.807) is 11.0 Å². The number of benzene rings is 2. The number of anilines is 2. The number of carbonyl (C=O) groups is 2. The van der Waals surface area contributed by atoms with Crippen molar-refractivity contribution in [3.05, 3.63) is 70.2 Å². The van der Waals surface area contributed by atoms with Crippen LogP contribution in [0, 0.1) is 6.92 Å². The van der Waals surface area contributed by atoms with Crippen molar-refractivity contribution >= 4 is 46.6 Å². The average Bonchev–Trinajstić information content (AvgIpc) is 2.92. The van der Waals surface area contributed by atoms with E-state index in [1.807, 2.05) is 49.4 Å². The maximum atomic E-state index is 12.4. The molecule has 1 aliphatic heterocycles. The van der Waals surface area contributed by atoms with Gasteiger partial charge in [0, 0.05) is 11.8 Å². The molecule has 1 aliphatic rings. The molecular formula is C18H15ClN2O2S. The Morgan fingerprint density at radius 1 is 1.21 bits per heavy atom. The molecule has 24 heavy (non-hydrogen) atoms. The van der Waals surface area contributed by atoms with E-state index in [9.17, 15) is 9.59 Å². The Bertz CT molecular complexity index is 801. The van der Waals surface area contributed by atoms with Crippen molar-refractivity contribution in [3.8, 4) is 0 Å². The van der Waals surface area contributed by atoms with Gasteiger partial charge in [0.05, 0.1) is 21.5 Å². The van der Waals surface area contributed by atoms with Gasteiger partial charge in [0.25, 0.3) is 5.91 Å². The van der Waals surface area contributed by atoms with Crippen molar-refractivity contribution in [2.75, 3.05) is 16.0 Å². The minimum absolute atomic E-state index is 0.0424. The lowest BCUT2D eigenvalue weighted by atomic mass is 10.2. The smallest absolute Gasteiger partial charge is 0.251 e. The van der Waals surface area contributed by atoms with Gasteiger partial charge in [-0.15, -0.1) is 0 Å². The Morgan fingerprint density at radius 3 is 2.67 bits per heavy atom. The molecule has 0 saturated carbocycles. The van der Waals surface area contributed by atoms with Gasteiger partial charge in [0.1, 0.15) is 0 Å². The van der Waals surface area contributed by atoms with Gasteiger partial charge < -0.3 is 5.32 Å². The van der Waals surface area contributed by atoms with Crippen LogP contribution in [0.15, 0.2) is 59.6 Å². The van der Waals surface area contributed by atoms with Gasteiger partial charge >= 0.3 is 0 Å². The molecule has 0 aliphatic carbocycles. The third kappa shape index (κ3) is 3.47. The highest BCUT2D eigenvalue weighted by Crippen LogP contribution is 2.34. The van der Waals surface area contributed by atoms with Crippen molar-refractivity contribution in [1.82, 2.24) is 0 Å². The van der Waals surface area contributed by atoms with Gasteiger partial charge in [-0.25, -0.2) is 0 Å². The molecule has 1 N–H and O–H groups in total. The maximum absolute atomic E-state index is 12.4. The Labute approximate surface area is 149 Å². The minimum Gasteiger partial charge on any atom is -0.321 e. The molecule has 3 rings (SSSR count). The summed E-state index contributed by atoms with van der Waals surface area (Å²) in [5.74, 6) is -0.0393. The van der Waals surface area contributed by atoms with Crippen LogP contribution in [0.1, 0.15) is 5.56 Å². The number of nitrogens with zero attached hydrogens (tertiary/aromatic N) is 1. The first-order chi connectivity index (χ1) is 11.6. The average molecular weight is 359 g/mol. The fourth-order valence-electron chi connectivity index (χ4n) is 2.40. The van der Waals surface area contributed by atoms with Crippen LogP contribution in [-0.4, -0.2) is 17.6 Å². The summed E-state index contributed by atoms with van der Waals surface area (Å²) in [5.41, 5.74) is 2.21. The van der Waals surface area contributed by atoms with E-state index in [0.717, 1.165) is 11.3 Å². The topological polar surface area (TPSA) is 49.4 Å². The van der Waals surface area contributed by atoms with Gasteiger partial charge in [0.15, 0.2) is 0 Å². The minimum atomic E-state index is -0.315. The summed E-state index contributed by atoms with van der Waals surface area (Å²) < 4.78 is 0. The molecule has 0 unspecified atom stereocenters. The Kier molecular flexibility index (Phi) is 4.92. The molecule has 2 amide bonds. The number of hydrogen-bond donors (Lipinski definition) is 1. The van der Waals surface area contributed by atoms with Crippen LogP contribution in [-0.2, 0) is 9.59 Å². The van der Waals surface area contributed by atoms with Crippen molar-refractivity contribution in [1.29, 1.82) is 0 Å². The van der Waals surface area contributed by atoms with E-state index < -0.39 is 0 Å². The van der Waals surface area contributed by atoms with Crippen molar-refractivity contribution in [2.45, 2.75) is 6.92 Å². The molecule has 4 nitrogen and oxygen atoms in total. The SMILES string of the molecule is Cc1cccc(Cl)c1NC(=O)C=C1SCC(=O)N1c1ccccc1. The zero-order valence-corrected chi connectivity index (χ0v) is 14.5. The van der Waals surface area contributed by atoms with Crippen LogP contribution in [0.2, 0.25) is 5.02 Å². The number of halogens is 1. The normalized spacial score (nSPS) is 15.8. The molecule has 0 radical (unpaired) electrons. The second-order valence-corrected chi connectivity index (χ2v) is 6.66. The number of aryl methyl sites for hydroxylation is 1. The molecule has 1 fully saturated rings. The highest BCUT2D eigenvalue weighted by atomic mass is 35.5. The molecule has 1 heterocycles. The fourth-order valence-corrected chi connectivity index (χ4v) is 3.60. The van der Waals surface area contributed by atoms with Crippen LogP contribution in [0.3, 0.4) is 0 Å². The first kappa shape index (κ1) is 16.6. The molecule has 0 aromatic heterocycles. The molecule has 0 spiro atoms. The molecule has 2 aromatic carbocycles. The van der Waals surface area contributed by atoms with Crippen LogP contribution in [0.4, 0.5) is 11.4 Å². The predicted octanol–water partition coefficient (Wildman–Crippen LogP) is 4.21. The molecular weight excluding hydrogens is 344 g/mol. The summed E-state index contributed by atoms with van der Waals surface area (Å²) in [4.78, 5) is 26.1. The van der Waals surface area contributed by atoms with E-state index in [1.165, 1.54) is 17.8 Å². The summed E-state index contributed by atoms with van der Waals surface area (Å²) in [7, 11) is 0. The van der Waals surface area contributed by atoms with E-state index in [4.69, 9.17) is 11.6 Å². The lowest BCUT2D eigenvalue weighted by Crippen LogP contribution is -2.24. The number of thioether (sulfide) groups is 1. The van der Waals surface area contributed by atoms with E-state index >= 15 is 0 Å². The lowest BCUT2D eigenvalue weighted by molar-refractivity contribution is -0.115. The van der Waals surface area contributed by atoms with Gasteiger partial charge in [-0.05, 0) is 30.7 Å². The van der Waals surface area contributed by atoms with Crippen molar-refractivity contribution in [3.63, 3.8) is 0 Å². The second-order valence-electron chi connectivity index (χ2n) is 5.26. The predicted molar refractivity (Wildman–Crippen MR) is 99.3 cm³/mol. The highest BCUT2D eigenvalue weighted by molar-refractivity contribution is 8.04. The van der Waals surface area contributed by atoms with Crippen molar-refractivity contribution < 1.29 is 9.59 Å². The number of para-hydroxylation sites is 2. The molecule has 0 atom stereocenters.